The molecule has 0 radical (unpaired) electrons. The predicted octanol–water partition coefficient (Wildman–Crippen LogP) is 1.16. The van der Waals surface area contributed by atoms with Gasteiger partial charge < -0.3 is 9.88 Å². The summed E-state index contributed by atoms with van der Waals surface area (Å²) in [5, 5.41) is 3.25. The molecule has 0 saturated carbocycles. The van der Waals surface area contributed by atoms with E-state index >= 15 is 0 Å². The van der Waals surface area contributed by atoms with Crippen molar-refractivity contribution in [2.24, 2.45) is 5.92 Å². The van der Waals surface area contributed by atoms with Crippen LogP contribution in [-0.4, -0.2) is 36.5 Å². The Morgan fingerprint density at radius 2 is 2.22 bits per heavy atom. The number of nitrogens with one attached hydrogen (secondary N) is 1. The zero-order chi connectivity index (χ0) is 13.3. The van der Waals surface area contributed by atoms with Crippen molar-refractivity contribution in [3.63, 3.8) is 0 Å². The van der Waals surface area contributed by atoms with Gasteiger partial charge in [0.05, 0.1) is 29.6 Å². The van der Waals surface area contributed by atoms with Crippen molar-refractivity contribution >= 4 is 9.84 Å². The fourth-order valence-corrected chi connectivity index (χ4v) is 4.54. The van der Waals surface area contributed by atoms with Gasteiger partial charge in [0.15, 0.2) is 9.84 Å². The number of nitrogens with zero attached hydrogens (tertiary/aromatic N) is 2. The Morgan fingerprint density at radius 3 is 2.72 bits per heavy atom. The van der Waals surface area contributed by atoms with E-state index in [9.17, 15) is 8.42 Å². The Morgan fingerprint density at radius 1 is 1.50 bits per heavy atom. The van der Waals surface area contributed by atoms with Crippen LogP contribution in [0.4, 0.5) is 0 Å². The zero-order valence-corrected chi connectivity index (χ0v) is 11.9. The third kappa shape index (κ3) is 2.59. The minimum Gasteiger partial charge on any atom is -0.331 e. The molecule has 102 valence electrons. The van der Waals surface area contributed by atoms with Gasteiger partial charge in [-0.3, -0.25) is 0 Å². The molecule has 5 nitrogen and oxygen atoms in total. The highest BCUT2D eigenvalue weighted by Gasteiger charge is 2.35. The summed E-state index contributed by atoms with van der Waals surface area (Å²) in [5.41, 5.74) is 1.08. The van der Waals surface area contributed by atoms with Gasteiger partial charge in [-0.05, 0) is 33.2 Å². The number of sulfone groups is 1. The smallest absolute Gasteiger partial charge is 0.150 e. The third-order valence-electron chi connectivity index (χ3n) is 3.62. The Balaban J connectivity index is 2.26. The summed E-state index contributed by atoms with van der Waals surface area (Å²) < 4.78 is 25.3. The van der Waals surface area contributed by atoms with Crippen LogP contribution in [-0.2, 0) is 9.84 Å². The summed E-state index contributed by atoms with van der Waals surface area (Å²) in [7, 11) is -0.962. The highest BCUT2D eigenvalue weighted by Crippen LogP contribution is 2.31. The van der Waals surface area contributed by atoms with Crippen molar-refractivity contribution in [3.8, 4) is 0 Å². The maximum Gasteiger partial charge on any atom is 0.150 e. The van der Waals surface area contributed by atoms with Crippen LogP contribution in [0.2, 0.25) is 0 Å². The molecule has 1 aliphatic rings. The molecule has 1 aromatic heterocycles. The van der Waals surface area contributed by atoms with Crippen molar-refractivity contribution in [2.75, 3.05) is 18.6 Å². The second-order valence-corrected chi connectivity index (χ2v) is 7.48. The van der Waals surface area contributed by atoms with Gasteiger partial charge in [-0.1, -0.05) is 0 Å². The van der Waals surface area contributed by atoms with Crippen LogP contribution < -0.4 is 5.32 Å². The largest absolute Gasteiger partial charge is 0.331 e. The second-order valence-electron chi connectivity index (χ2n) is 5.25. The molecule has 0 aliphatic carbocycles. The number of rotatable bonds is 4. The average molecular weight is 271 g/mol. The maximum atomic E-state index is 11.6. The quantitative estimate of drug-likeness (QED) is 0.892. The zero-order valence-electron chi connectivity index (χ0n) is 11.1. The Bertz CT molecular complexity index is 507. The molecule has 2 rings (SSSR count). The second kappa shape index (κ2) is 5.01. The molecular formula is C12H21N3O2S. The standard InChI is InChI=1S/C12H21N3O2S/c1-9(2)15-8-14-6-11(15)12(13-3)10-4-5-18(16,17)7-10/h6,8-10,12-13H,4-5,7H2,1-3H3. The van der Waals surface area contributed by atoms with E-state index < -0.39 is 9.84 Å². The lowest BCUT2D eigenvalue weighted by atomic mass is 9.96. The SMILES string of the molecule is CNC(c1cncn1C(C)C)C1CCS(=O)(=O)C1. The molecule has 1 aliphatic heterocycles. The van der Waals surface area contributed by atoms with Gasteiger partial charge in [0, 0.05) is 12.2 Å². The summed E-state index contributed by atoms with van der Waals surface area (Å²) >= 11 is 0. The van der Waals surface area contributed by atoms with Crippen LogP contribution in [0.5, 0.6) is 0 Å². The van der Waals surface area contributed by atoms with Crippen LogP contribution in [0.15, 0.2) is 12.5 Å². The molecule has 1 aromatic rings. The first-order valence-corrected chi connectivity index (χ1v) is 8.16. The molecule has 1 fully saturated rings. The van der Waals surface area contributed by atoms with Gasteiger partial charge in [-0.15, -0.1) is 0 Å². The fraction of sp³-hybridized carbons (Fsp3) is 0.750. The third-order valence-corrected chi connectivity index (χ3v) is 5.41. The molecule has 1 N–H and O–H groups in total. The minimum atomic E-state index is -2.84. The highest BCUT2D eigenvalue weighted by atomic mass is 32.2. The molecule has 0 bridgehead atoms. The molecule has 2 heterocycles. The van der Waals surface area contributed by atoms with Crippen LogP contribution in [0.1, 0.15) is 38.0 Å². The first-order chi connectivity index (χ1) is 8.44. The number of aromatic nitrogens is 2. The Kier molecular flexibility index (Phi) is 3.77. The van der Waals surface area contributed by atoms with Crippen molar-refractivity contribution in [1.29, 1.82) is 0 Å². The van der Waals surface area contributed by atoms with Gasteiger partial charge in [-0.2, -0.15) is 0 Å². The molecular weight excluding hydrogens is 250 g/mol. The molecule has 2 atom stereocenters. The summed E-state index contributed by atoms with van der Waals surface area (Å²) in [6.45, 7) is 4.20. The lowest BCUT2D eigenvalue weighted by Crippen LogP contribution is -2.28. The van der Waals surface area contributed by atoms with E-state index in [-0.39, 0.29) is 17.7 Å². The van der Waals surface area contributed by atoms with E-state index in [1.165, 1.54) is 0 Å². The highest BCUT2D eigenvalue weighted by molar-refractivity contribution is 7.91. The van der Waals surface area contributed by atoms with Crippen molar-refractivity contribution < 1.29 is 8.42 Å². The minimum absolute atomic E-state index is 0.0622. The monoisotopic (exact) mass is 271 g/mol. The van der Waals surface area contributed by atoms with Crippen LogP contribution in [0.3, 0.4) is 0 Å². The van der Waals surface area contributed by atoms with Crippen molar-refractivity contribution in [1.82, 2.24) is 14.9 Å². The Labute approximate surface area is 109 Å². The normalized spacial score (nSPS) is 24.6. The van der Waals surface area contributed by atoms with Gasteiger partial charge >= 0.3 is 0 Å². The molecule has 0 spiro atoms. The summed E-state index contributed by atoms with van der Waals surface area (Å²) in [6.07, 6.45) is 4.39. The topological polar surface area (TPSA) is 64.0 Å². The molecule has 6 heteroatoms. The van der Waals surface area contributed by atoms with Gasteiger partial charge in [0.25, 0.3) is 0 Å². The lowest BCUT2D eigenvalue weighted by Gasteiger charge is -2.24. The predicted molar refractivity (Wildman–Crippen MR) is 71.2 cm³/mol. The average Bonchev–Trinajstić information content (AvgIpc) is 2.87. The summed E-state index contributed by atoms with van der Waals surface area (Å²) in [4.78, 5) is 4.19. The molecule has 18 heavy (non-hydrogen) atoms. The van der Waals surface area contributed by atoms with E-state index in [2.05, 4.69) is 28.7 Å². The number of hydrogen-bond donors (Lipinski definition) is 1. The number of hydrogen-bond acceptors (Lipinski definition) is 4. The lowest BCUT2D eigenvalue weighted by molar-refractivity contribution is 0.388. The summed E-state index contributed by atoms with van der Waals surface area (Å²) in [5.74, 6) is 0.738. The van der Waals surface area contributed by atoms with E-state index in [1.807, 2.05) is 19.6 Å². The molecule has 0 amide bonds. The van der Waals surface area contributed by atoms with E-state index in [0.717, 1.165) is 12.1 Å². The first kappa shape index (κ1) is 13.5. The number of imidazole rings is 1. The molecule has 1 saturated heterocycles. The van der Waals surface area contributed by atoms with Crippen LogP contribution in [0.25, 0.3) is 0 Å². The molecule has 0 aromatic carbocycles. The van der Waals surface area contributed by atoms with Gasteiger partial charge in [0.2, 0.25) is 0 Å². The van der Waals surface area contributed by atoms with E-state index in [0.29, 0.717) is 11.8 Å². The van der Waals surface area contributed by atoms with E-state index in [4.69, 9.17) is 0 Å². The Hall–Kier alpha value is -0.880. The maximum absolute atomic E-state index is 11.6. The van der Waals surface area contributed by atoms with Crippen LogP contribution in [0, 0.1) is 5.92 Å². The molecule has 2 unspecified atom stereocenters. The van der Waals surface area contributed by atoms with Crippen molar-refractivity contribution in [2.45, 2.75) is 32.4 Å². The summed E-state index contributed by atoms with van der Waals surface area (Å²) in [6, 6.07) is 0.392. The fourth-order valence-electron chi connectivity index (χ4n) is 2.70. The van der Waals surface area contributed by atoms with Gasteiger partial charge in [-0.25, -0.2) is 13.4 Å². The van der Waals surface area contributed by atoms with Crippen LogP contribution >= 0.6 is 0 Å². The van der Waals surface area contributed by atoms with E-state index in [1.54, 1.807) is 0 Å². The first-order valence-electron chi connectivity index (χ1n) is 6.34. The van der Waals surface area contributed by atoms with Crippen molar-refractivity contribution in [3.05, 3.63) is 18.2 Å². The van der Waals surface area contributed by atoms with Gasteiger partial charge in [0.1, 0.15) is 0 Å².